The molecular weight excluding hydrogens is 259 g/mol. The number of benzene rings is 1. The van der Waals surface area contributed by atoms with E-state index in [0.29, 0.717) is 19.5 Å². The summed E-state index contributed by atoms with van der Waals surface area (Å²) in [7, 11) is 0. The number of aliphatic hydroxyl groups excluding tert-OH is 1. The summed E-state index contributed by atoms with van der Waals surface area (Å²) < 4.78 is 12.8. The van der Waals surface area contributed by atoms with Crippen LogP contribution in [0.2, 0.25) is 0 Å². The molecule has 1 aliphatic rings. The molecule has 3 N–H and O–H groups in total. The van der Waals surface area contributed by atoms with Gasteiger partial charge in [0.15, 0.2) is 0 Å². The van der Waals surface area contributed by atoms with Crippen molar-refractivity contribution in [2.24, 2.45) is 11.7 Å². The number of nitrogens with two attached hydrogens (primary N) is 1. The molecule has 0 bridgehead atoms. The molecule has 1 heterocycles. The van der Waals surface area contributed by atoms with Crippen molar-refractivity contribution in [1.82, 2.24) is 4.90 Å². The summed E-state index contributed by atoms with van der Waals surface area (Å²) in [5.74, 6) is -0.367. The van der Waals surface area contributed by atoms with E-state index in [9.17, 15) is 14.3 Å². The van der Waals surface area contributed by atoms with Gasteiger partial charge in [-0.3, -0.25) is 4.79 Å². The third-order valence-corrected chi connectivity index (χ3v) is 3.89. The van der Waals surface area contributed by atoms with Crippen LogP contribution in [0.4, 0.5) is 4.39 Å². The SMILES string of the molecule is NC(=O)CCN1CC[C@H](Cc2ccc(F)cc2)[C@@H](O)C1. The Morgan fingerprint density at radius 2 is 2.10 bits per heavy atom. The fourth-order valence-corrected chi connectivity index (χ4v) is 2.68. The number of halogens is 1. The molecule has 2 rings (SSSR count). The first-order valence-corrected chi connectivity index (χ1v) is 6.98. The maximum absolute atomic E-state index is 12.8. The Balaban J connectivity index is 1.83. The van der Waals surface area contributed by atoms with Crippen LogP contribution >= 0.6 is 0 Å². The van der Waals surface area contributed by atoms with Gasteiger partial charge in [0.2, 0.25) is 5.91 Å². The van der Waals surface area contributed by atoms with Crippen molar-refractivity contribution in [2.45, 2.75) is 25.4 Å². The molecule has 1 aromatic carbocycles. The molecule has 5 heteroatoms. The Morgan fingerprint density at radius 3 is 2.70 bits per heavy atom. The molecule has 110 valence electrons. The number of likely N-dealkylation sites (tertiary alicyclic amines) is 1. The van der Waals surface area contributed by atoms with Gasteiger partial charge in [0.25, 0.3) is 0 Å². The lowest BCUT2D eigenvalue weighted by atomic mass is 9.88. The standard InChI is InChI=1S/C15H21FN2O2/c16-13-3-1-11(2-4-13)9-12-5-7-18(10-14(12)19)8-6-15(17)20/h1-4,12,14,19H,5-10H2,(H2,17,20)/t12-,14+/m1/s1. The molecule has 0 aliphatic carbocycles. The lowest BCUT2D eigenvalue weighted by Gasteiger charge is -2.35. The fourth-order valence-electron chi connectivity index (χ4n) is 2.68. The number of rotatable bonds is 5. The summed E-state index contributed by atoms with van der Waals surface area (Å²) in [4.78, 5) is 12.8. The predicted octanol–water partition coefficient (Wildman–Crippen LogP) is 0.926. The van der Waals surface area contributed by atoms with Crippen LogP contribution in [0.25, 0.3) is 0 Å². The van der Waals surface area contributed by atoms with Crippen LogP contribution in [0.3, 0.4) is 0 Å². The number of piperidine rings is 1. The van der Waals surface area contributed by atoms with Gasteiger partial charge in [0, 0.05) is 19.5 Å². The molecule has 0 aromatic heterocycles. The third kappa shape index (κ3) is 4.28. The van der Waals surface area contributed by atoms with Crippen LogP contribution in [-0.4, -0.2) is 41.7 Å². The minimum absolute atomic E-state index is 0.185. The Hall–Kier alpha value is -1.46. The maximum Gasteiger partial charge on any atom is 0.218 e. The molecule has 4 nitrogen and oxygen atoms in total. The molecule has 0 spiro atoms. The smallest absolute Gasteiger partial charge is 0.218 e. The van der Waals surface area contributed by atoms with Crippen molar-refractivity contribution in [3.63, 3.8) is 0 Å². The van der Waals surface area contributed by atoms with Crippen molar-refractivity contribution in [1.29, 1.82) is 0 Å². The van der Waals surface area contributed by atoms with E-state index in [1.807, 2.05) is 0 Å². The lowest BCUT2D eigenvalue weighted by Crippen LogP contribution is -2.45. The minimum Gasteiger partial charge on any atom is -0.391 e. The van der Waals surface area contributed by atoms with Crippen molar-refractivity contribution < 1.29 is 14.3 Å². The highest BCUT2D eigenvalue weighted by Crippen LogP contribution is 2.22. The van der Waals surface area contributed by atoms with E-state index in [1.54, 1.807) is 12.1 Å². The summed E-state index contributed by atoms with van der Waals surface area (Å²) in [6, 6.07) is 6.43. The zero-order valence-electron chi connectivity index (χ0n) is 11.5. The number of aliphatic hydroxyl groups is 1. The molecule has 1 aromatic rings. The predicted molar refractivity (Wildman–Crippen MR) is 74.5 cm³/mol. The summed E-state index contributed by atoms with van der Waals surface area (Å²) in [5, 5.41) is 10.2. The van der Waals surface area contributed by atoms with Gasteiger partial charge in [-0.1, -0.05) is 12.1 Å². The number of nitrogens with zero attached hydrogens (tertiary/aromatic N) is 1. The second-order valence-corrected chi connectivity index (χ2v) is 5.46. The van der Waals surface area contributed by atoms with E-state index in [2.05, 4.69) is 4.90 Å². The number of primary amides is 1. The van der Waals surface area contributed by atoms with Crippen LogP contribution in [0.1, 0.15) is 18.4 Å². The van der Waals surface area contributed by atoms with Crippen molar-refractivity contribution in [3.05, 3.63) is 35.6 Å². The van der Waals surface area contributed by atoms with Gasteiger partial charge in [0.1, 0.15) is 5.82 Å². The second kappa shape index (κ2) is 6.81. The van der Waals surface area contributed by atoms with E-state index in [-0.39, 0.29) is 17.6 Å². The van der Waals surface area contributed by atoms with E-state index in [4.69, 9.17) is 5.73 Å². The van der Waals surface area contributed by atoms with E-state index in [0.717, 1.165) is 24.9 Å². The van der Waals surface area contributed by atoms with Crippen LogP contribution in [0.5, 0.6) is 0 Å². The largest absolute Gasteiger partial charge is 0.391 e. The quantitative estimate of drug-likeness (QED) is 0.843. The number of carbonyl (C=O) groups is 1. The van der Waals surface area contributed by atoms with Gasteiger partial charge >= 0.3 is 0 Å². The number of carbonyl (C=O) groups excluding carboxylic acids is 1. The average Bonchev–Trinajstić information content (AvgIpc) is 2.41. The zero-order valence-corrected chi connectivity index (χ0v) is 11.5. The number of hydrogen-bond acceptors (Lipinski definition) is 3. The van der Waals surface area contributed by atoms with Gasteiger partial charge in [-0.15, -0.1) is 0 Å². The van der Waals surface area contributed by atoms with Crippen LogP contribution in [0.15, 0.2) is 24.3 Å². The van der Waals surface area contributed by atoms with Gasteiger partial charge in [-0.05, 0) is 43.0 Å². The fraction of sp³-hybridized carbons (Fsp3) is 0.533. The first kappa shape index (κ1) is 14.9. The summed E-state index contributed by atoms with van der Waals surface area (Å²) in [5.41, 5.74) is 6.17. The molecule has 0 saturated carbocycles. The van der Waals surface area contributed by atoms with Gasteiger partial charge in [-0.25, -0.2) is 4.39 Å². The Kier molecular flexibility index (Phi) is 5.09. The van der Waals surface area contributed by atoms with Crippen LogP contribution in [-0.2, 0) is 11.2 Å². The molecule has 1 amide bonds. The lowest BCUT2D eigenvalue weighted by molar-refractivity contribution is -0.118. The molecule has 0 unspecified atom stereocenters. The van der Waals surface area contributed by atoms with Crippen LogP contribution in [0, 0.1) is 11.7 Å². The minimum atomic E-state index is -0.415. The Bertz CT molecular complexity index is 450. The highest BCUT2D eigenvalue weighted by atomic mass is 19.1. The second-order valence-electron chi connectivity index (χ2n) is 5.46. The highest BCUT2D eigenvalue weighted by molar-refractivity contribution is 5.73. The monoisotopic (exact) mass is 280 g/mol. The van der Waals surface area contributed by atoms with Crippen molar-refractivity contribution in [2.75, 3.05) is 19.6 Å². The first-order valence-electron chi connectivity index (χ1n) is 6.98. The number of β-amino-alcohol motifs (C(OH)–C–C–N with tert-alkyl or cyclic N) is 1. The maximum atomic E-state index is 12.8. The van der Waals surface area contributed by atoms with Crippen LogP contribution < -0.4 is 5.73 Å². The van der Waals surface area contributed by atoms with E-state index < -0.39 is 6.10 Å². The van der Waals surface area contributed by atoms with Gasteiger partial charge in [-0.2, -0.15) is 0 Å². The first-order chi connectivity index (χ1) is 9.54. The molecule has 1 aliphatic heterocycles. The molecule has 2 atom stereocenters. The van der Waals surface area contributed by atoms with E-state index in [1.165, 1.54) is 12.1 Å². The van der Waals surface area contributed by atoms with Gasteiger partial charge < -0.3 is 15.7 Å². The summed E-state index contributed by atoms with van der Waals surface area (Å²) >= 11 is 0. The summed E-state index contributed by atoms with van der Waals surface area (Å²) in [6.07, 6.45) is 1.54. The zero-order chi connectivity index (χ0) is 14.5. The van der Waals surface area contributed by atoms with Gasteiger partial charge in [0.05, 0.1) is 6.10 Å². The van der Waals surface area contributed by atoms with E-state index >= 15 is 0 Å². The molecule has 0 radical (unpaired) electrons. The topological polar surface area (TPSA) is 66.6 Å². The normalized spacial score (nSPS) is 23.7. The third-order valence-electron chi connectivity index (χ3n) is 3.89. The molecule has 1 saturated heterocycles. The van der Waals surface area contributed by atoms with Crippen molar-refractivity contribution >= 4 is 5.91 Å². The molecule has 20 heavy (non-hydrogen) atoms. The number of amides is 1. The summed E-state index contributed by atoms with van der Waals surface area (Å²) in [6.45, 7) is 2.03. The molecular formula is C15H21FN2O2. The highest BCUT2D eigenvalue weighted by Gasteiger charge is 2.27. The Labute approximate surface area is 118 Å². The number of hydrogen-bond donors (Lipinski definition) is 2. The Morgan fingerprint density at radius 1 is 1.40 bits per heavy atom. The molecule has 1 fully saturated rings. The average molecular weight is 280 g/mol. The van der Waals surface area contributed by atoms with Crippen molar-refractivity contribution in [3.8, 4) is 0 Å².